The molecule has 0 atom stereocenters. The highest BCUT2D eigenvalue weighted by Gasteiger charge is 2.15. The number of sulfonamides is 1. The largest absolute Gasteiger partial charge is 0.325 e. The Labute approximate surface area is 141 Å². The van der Waals surface area contributed by atoms with Gasteiger partial charge in [-0.05, 0) is 42.5 Å². The topological polar surface area (TPSA) is 75.3 Å². The van der Waals surface area contributed by atoms with Gasteiger partial charge in [-0.15, -0.1) is 0 Å². The summed E-state index contributed by atoms with van der Waals surface area (Å²) in [6.07, 6.45) is 0. The van der Waals surface area contributed by atoms with Gasteiger partial charge in [-0.25, -0.2) is 13.1 Å². The van der Waals surface area contributed by atoms with Gasteiger partial charge in [0, 0.05) is 15.2 Å². The number of anilines is 1. The molecule has 0 radical (unpaired) electrons. The molecule has 0 aliphatic rings. The second kappa shape index (κ2) is 7.23. The highest BCUT2D eigenvalue weighted by atomic mass is 79.9. The fourth-order valence-electron chi connectivity index (χ4n) is 1.63. The van der Waals surface area contributed by atoms with Crippen LogP contribution in [0, 0.1) is 0 Å². The minimum atomic E-state index is -3.73. The Hall–Kier alpha value is -1.41. The molecule has 2 aromatic carbocycles. The van der Waals surface area contributed by atoms with E-state index in [1.165, 1.54) is 12.1 Å². The average Bonchev–Trinajstić information content (AvgIpc) is 2.46. The molecule has 116 valence electrons. The van der Waals surface area contributed by atoms with E-state index < -0.39 is 15.9 Å². The van der Waals surface area contributed by atoms with E-state index in [4.69, 9.17) is 11.6 Å². The van der Waals surface area contributed by atoms with Crippen molar-refractivity contribution in [1.29, 1.82) is 0 Å². The van der Waals surface area contributed by atoms with Crippen molar-refractivity contribution in [2.45, 2.75) is 4.90 Å². The van der Waals surface area contributed by atoms with Gasteiger partial charge < -0.3 is 5.32 Å². The van der Waals surface area contributed by atoms with Crippen LogP contribution in [0.5, 0.6) is 0 Å². The van der Waals surface area contributed by atoms with Crippen molar-refractivity contribution < 1.29 is 13.2 Å². The first-order valence-corrected chi connectivity index (χ1v) is 8.83. The lowest BCUT2D eigenvalue weighted by molar-refractivity contribution is -0.115. The van der Waals surface area contributed by atoms with Gasteiger partial charge in [-0.1, -0.05) is 33.6 Å². The minimum Gasteiger partial charge on any atom is -0.325 e. The van der Waals surface area contributed by atoms with E-state index in [-0.39, 0.29) is 11.4 Å². The van der Waals surface area contributed by atoms with Crippen LogP contribution in [0.1, 0.15) is 0 Å². The van der Waals surface area contributed by atoms with Crippen molar-refractivity contribution >= 4 is 49.1 Å². The molecule has 2 aromatic rings. The van der Waals surface area contributed by atoms with Crippen LogP contribution in [0.3, 0.4) is 0 Å². The fourth-order valence-corrected chi connectivity index (χ4v) is 3.07. The SMILES string of the molecule is O=C(CNS(=O)(=O)c1ccc(Br)cc1)Nc1cccc(Cl)c1. The number of halogens is 2. The average molecular weight is 404 g/mol. The number of rotatable bonds is 5. The summed E-state index contributed by atoms with van der Waals surface area (Å²) in [7, 11) is -3.73. The first-order chi connectivity index (χ1) is 10.4. The third-order valence-electron chi connectivity index (χ3n) is 2.66. The first-order valence-electron chi connectivity index (χ1n) is 6.17. The lowest BCUT2D eigenvalue weighted by Crippen LogP contribution is -2.32. The molecular weight excluding hydrogens is 392 g/mol. The predicted molar refractivity (Wildman–Crippen MR) is 89.4 cm³/mol. The summed E-state index contributed by atoms with van der Waals surface area (Å²) in [5, 5.41) is 3.04. The summed E-state index contributed by atoms with van der Waals surface area (Å²) in [6.45, 7) is -0.370. The molecule has 0 bridgehead atoms. The van der Waals surface area contributed by atoms with Crippen LogP contribution in [0.15, 0.2) is 57.9 Å². The van der Waals surface area contributed by atoms with E-state index in [0.717, 1.165) is 4.47 Å². The van der Waals surface area contributed by atoms with Crippen LogP contribution in [-0.2, 0) is 14.8 Å². The number of amides is 1. The van der Waals surface area contributed by atoms with Crippen LogP contribution in [0.25, 0.3) is 0 Å². The second-order valence-corrected chi connectivity index (χ2v) is 7.46. The van der Waals surface area contributed by atoms with E-state index >= 15 is 0 Å². The zero-order chi connectivity index (χ0) is 16.2. The third-order valence-corrected chi connectivity index (χ3v) is 4.84. The minimum absolute atomic E-state index is 0.0891. The fraction of sp³-hybridized carbons (Fsp3) is 0.0714. The summed E-state index contributed by atoms with van der Waals surface area (Å²) in [6, 6.07) is 12.7. The number of carbonyl (C=O) groups is 1. The Morgan fingerprint density at radius 1 is 1.14 bits per heavy atom. The van der Waals surface area contributed by atoms with Gasteiger partial charge in [-0.2, -0.15) is 0 Å². The number of benzene rings is 2. The Morgan fingerprint density at radius 2 is 1.82 bits per heavy atom. The van der Waals surface area contributed by atoms with E-state index in [1.54, 1.807) is 36.4 Å². The van der Waals surface area contributed by atoms with Crippen molar-refractivity contribution in [3.63, 3.8) is 0 Å². The quantitative estimate of drug-likeness (QED) is 0.806. The van der Waals surface area contributed by atoms with Gasteiger partial charge >= 0.3 is 0 Å². The van der Waals surface area contributed by atoms with Crippen LogP contribution >= 0.6 is 27.5 Å². The molecule has 0 fully saturated rings. The summed E-state index contributed by atoms with van der Waals surface area (Å²) >= 11 is 9.03. The molecule has 8 heteroatoms. The monoisotopic (exact) mass is 402 g/mol. The molecule has 2 N–H and O–H groups in total. The molecular formula is C14H12BrClN2O3S. The smallest absolute Gasteiger partial charge is 0.241 e. The maximum atomic E-state index is 12.0. The van der Waals surface area contributed by atoms with Crippen LogP contribution in [0.4, 0.5) is 5.69 Å². The second-order valence-electron chi connectivity index (χ2n) is 4.34. The normalized spacial score (nSPS) is 11.2. The van der Waals surface area contributed by atoms with Gasteiger partial charge in [0.25, 0.3) is 0 Å². The van der Waals surface area contributed by atoms with Gasteiger partial charge in [0.2, 0.25) is 15.9 Å². The molecule has 0 spiro atoms. The van der Waals surface area contributed by atoms with Gasteiger partial charge in [0.15, 0.2) is 0 Å². The van der Waals surface area contributed by atoms with E-state index in [1.807, 2.05) is 0 Å². The predicted octanol–water partition coefficient (Wildman–Crippen LogP) is 3.02. The lowest BCUT2D eigenvalue weighted by Gasteiger charge is -2.08. The Morgan fingerprint density at radius 3 is 2.45 bits per heavy atom. The van der Waals surface area contributed by atoms with Crippen molar-refractivity contribution in [3.05, 3.63) is 58.0 Å². The van der Waals surface area contributed by atoms with E-state index in [2.05, 4.69) is 26.0 Å². The third kappa shape index (κ3) is 4.81. The molecule has 0 saturated carbocycles. The molecule has 0 aliphatic carbocycles. The zero-order valence-electron chi connectivity index (χ0n) is 11.2. The first kappa shape index (κ1) is 17.0. The maximum Gasteiger partial charge on any atom is 0.241 e. The van der Waals surface area contributed by atoms with Crippen LogP contribution in [0.2, 0.25) is 5.02 Å². The number of carbonyl (C=O) groups excluding carboxylic acids is 1. The molecule has 0 heterocycles. The summed E-state index contributed by atoms with van der Waals surface area (Å²) in [5.74, 6) is -0.483. The van der Waals surface area contributed by atoms with Gasteiger partial charge in [0.05, 0.1) is 11.4 Å². The summed E-state index contributed by atoms with van der Waals surface area (Å²) in [4.78, 5) is 11.9. The zero-order valence-corrected chi connectivity index (χ0v) is 14.4. The summed E-state index contributed by atoms with van der Waals surface area (Å²) in [5.41, 5.74) is 0.500. The van der Waals surface area contributed by atoms with Crippen LogP contribution in [-0.4, -0.2) is 20.9 Å². The van der Waals surface area contributed by atoms with Crippen LogP contribution < -0.4 is 10.0 Å². The van der Waals surface area contributed by atoms with Gasteiger partial charge in [0.1, 0.15) is 0 Å². The molecule has 22 heavy (non-hydrogen) atoms. The Balaban J connectivity index is 1.97. The highest BCUT2D eigenvalue weighted by Crippen LogP contribution is 2.15. The van der Waals surface area contributed by atoms with Gasteiger partial charge in [-0.3, -0.25) is 4.79 Å². The standard InChI is InChI=1S/C14H12BrClN2O3S/c15-10-4-6-13(7-5-10)22(20,21)17-9-14(19)18-12-3-1-2-11(16)8-12/h1-8,17H,9H2,(H,18,19). The number of hydrogen-bond donors (Lipinski definition) is 2. The van der Waals surface area contributed by atoms with E-state index in [0.29, 0.717) is 10.7 Å². The molecule has 1 amide bonds. The Kier molecular flexibility index (Phi) is 5.57. The van der Waals surface area contributed by atoms with E-state index in [9.17, 15) is 13.2 Å². The Bertz CT molecular complexity index is 779. The molecule has 0 aromatic heterocycles. The summed E-state index contributed by atoms with van der Waals surface area (Å²) < 4.78 is 27.1. The van der Waals surface area contributed by atoms with Crippen molar-refractivity contribution in [3.8, 4) is 0 Å². The number of hydrogen-bond acceptors (Lipinski definition) is 3. The molecule has 5 nitrogen and oxygen atoms in total. The molecule has 0 saturated heterocycles. The highest BCUT2D eigenvalue weighted by molar-refractivity contribution is 9.10. The van der Waals surface area contributed by atoms with Crippen molar-refractivity contribution in [1.82, 2.24) is 4.72 Å². The molecule has 2 rings (SSSR count). The maximum absolute atomic E-state index is 12.0. The molecule has 0 aliphatic heterocycles. The number of nitrogens with one attached hydrogen (secondary N) is 2. The van der Waals surface area contributed by atoms with Crippen molar-refractivity contribution in [2.24, 2.45) is 0 Å². The lowest BCUT2D eigenvalue weighted by atomic mass is 10.3. The molecule has 0 unspecified atom stereocenters. The van der Waals surface area contributed by atoms with Crippen molar-refractivity contribution in [2.75, 3.05) is 11.9 Å².